The Hall–Kier alpha value is -0.840. The second kappa shape index (κ2) is 7.62. The number of nitrogens with zero attached hydrogens (tertiary/aromatic N) is 2. The van der Waals surface area contributed by atoms with E-state index in [-0.39, 0.29) is 23.8 Å². The van der Waals surface area contributed by atoms with Crippen LogP contribution in [0.1, 0.15) is 12.8 Å². The van der Waals surface area contributed by atoms with E-state index in [0.29, 0.717) is 17.0 Å². The lowest BCUT2D eigenvalue weighted by Crippen LogP contribution is -2.26. The lowest BCUT2D eigenvalue weighted by Gasteiger charge is -2.09. The molecule has 1 saturated heterocycles. The number of nitrogens with one attached hydrogen (secondary N) is 2. The number of halogens is 4. The lowest BCUT2D eigenvalue weighted by atomic mass is 10.1. The molecule has 2 N–H and O–H groups in total. The Morgan fingerprint density at radius 2 is 2.18 bits per heavy atom. The molecule has 0 bridgehead atoms. The number of alkyl halides is 3. The number of hydrogen-bond donors (Lipinski definition) is 2. The number of hydrogen-bond acceptors (Lipinski definition) is 4. The molecule has 22 heavy (non-hydrogen) atoms. The molecule has 0 aliphatic carbocycles. The lowest BCUT2D eigenvalue weighted by molar-refractivity contribution is -0.142. The van der Waals surface area contributed by atoms with Crippen LogP contribution < -0.4 is 10.0 Å². The summed E-state index contributed by atoms with van der Waals surface area (Å²) in [5.74, 6) is 0.431. The van der Waals surface area contributed by atoms with E-state index in [1.165, 1.54) is 0 Å². The first-order valence-corrected chi connectivity index (χ1v) is 8.04. The van der Waals surface area contributed by atoms with Crippen LogP contribution in [0.15, 0.2) is 17.3 Å². The van der Waals surface area contributed by atoms with Crippen molar-refractivity contribution in [1.82, 2.24) is 19.8 Å². The van der Waals surface area contributed by atoms with Crippen LogP contribution in [0, 0.1) is 5.92 Å². The van der Waals surface area contributed by atoms with Crippen LogP contribution >= 0.6 is 12.4 Å². The topological polar surface area (TPSA) is 76.0 Å². The largest absolute Gasteiger partial charge is 0.408 e. The van der Waals surface area contributed by atoms with Crippen molar-refractivity contribution in [2.75, 3.05) is 19.6 Å². The quantitative estimate of drug-likeness (QED) is 0.796. The van der Waals surface area contributed by atoms with Crippen LogP contribution in [0.5, 0.6) is 0 Å². The van der Waals surface area contributed by atoms with Gasteiger partial charge in [0, 0.05) is 12.7 Å². The first kappa shape index (κ1) is 19.2. The van der Waals surface area contributed by atoms with Crippen LogP contribution in [0.25, 0.3) is 0 Å². The average Bonchev–Trinajstić information content (AvgIpc) is 2.98. The van der Waals surface area contributed by atoms with Gasteiger partial charge in [-0.2, -0.15) is 18.3 Å². The highest BCUT2D eigenvalue weighted by Crippen LogP contribution is 2.18. The third kappa shape index (κ3) is 5.75. The summed E-state index contributed by atoms with van der Waals surface area (Å²) in [5, 5.41) is 6.60. The number of aromatic nitrogens is 2. The summed E-state index contributed by atoms with van der Waals surface area (Å²) < 4.78 is 63.4. The van der Waals surface area contributed by atoms with Gasteiger partial charge in [0.2, 0.25) is 10.0 Å². The van der Waals surface area contributed by atoms with Gasteiger partial charge in [0.05, 0.1) is 6.20 Å². The predicted octanol–water partition coefficient (Wildman–Crippen LogP) is 1.15. The molecule has 2 rings (SSSR count). The summed E-state index contributed by atoms with van der Waals surface area (Å²) in [5.41, 5.74) is 0. The molecule has 1 aromatic rings. The number of sulfonamides is 1. The first-order chi connectivity index (χ1) is 9.76. The van der Waals surface area contributed by atoms with Crippen molar-refractivity contribution in [2.24, 2.45) is 5.92 Å². The smallest absolute Gasteiger partial charge is 0.316 e. The van der Waals surface area contributed by atoms with E-state index in [2.05, 4.69) is 15.1 Å². The van der Waals surface area contributed by atoms with E-state index >= 15 is 0 Å². The third-order valence-corrected chi connectivity index (χ3v) is 4.68. The minimum Gasteiger partial charge on any atom is -0.316 e. The van der Waals surface area contributed by atoms with Gasteiger partial charge in [-0.1, -0.05) is 0 Å². The van der Waals surface area contributed by atoms with E-state index in [4.69, 9.17) is 0 Å². The second-order valence-corrected chi connectivity index (χ2v) is 6.80. The highest BCUT2D eigenvalue weighted by atomic mass is 35.5. The molecular weight excluding hydrogens is 345 g/mol. The van der Waals surface area contributed by atoms with Crippen LogP contribution in [-0.4, -0.2) is 44.0 Å². The Bertz CT molecular complexity index is 570. The van der Waals surface area contributed by atoms with E-state index in [1.807, 2.05) is 0 Å². The molecular formula is C11H18ClF3N4O2S. The highest BCUT2D eigenvalue weighted by Gasteiger charge is 2.29. The normalized spacial score (nSPS) is 19.1. The summed E-state index contributed by atoms with van der Waals surface area (Å²) in [6.07, 6.45) is -0.928. The molecule has 128 valence electrons. The van der Waals surface area contributed by atoms with Gasteiger partial charge < -0.3 is 5.32 Å². The van der Waals surface area contributed by atoms with Crippen molar-refractivity contribution in [1.29, 1.82) is 0 Å². The maximum absolute atomic E-state index is 12.2. The molecule has 0 aromatic carbocycles. The fourth-order valence-electron chi connectivity index (χ4n) is 2.20. The molecule has 2 heterocycles. The zero-order chi connectivity index (χ0) is 15.5. The van der Waals surface area contributed by atoms with Gasteiger partial charge in [-0.25, -0.2) is 13.1 Å². The zero-order valence-electron chi connectivity index (χ0n) is 11.6. The summed E-state index contributed by atoms with van der Waals surface area (Å²) >= 11 is 0. The van der Waals surface area contributed by atoms with E-state index in [1.54, 1.807) is 0 Å². The van der Waals surface area contributed by atoms with Gasteiger partial charge in [0.25, 0.3) is 0 Å². The summed E-state index contributed by atoms with van der Waals surface area (Å²) in [6.45, 7) is 0.752. The SMILES string of the molecule is Cl.O=S(=O)(NCCC1CCNC1)c1cnn(CC(F)(F)F)c1. The van der Waals surface area contributed by atoms with Gasteiger partial charge in [0.1, 0.15) is 11.4 Å². The van der Waals surface area contributed by atoms with E-state index < -0.39 is 22.7 Å². The molecule has 0 saturated carbocycles. The maximum Gasteiger partial charge on any atom is 0.408 e. The van der Waals surface area contributed by atoms with Crippen molar-refractivity contribution in [3.63, 3.8) is 0 Å². The van der Waals surface area contributed by atoms with Gasteiger partial charge in [0.15, 0.2) is 0 Å². The molecule has 1 fully saturated rings. The summed E-state index contributed by atoms with van der Waals surface area (Å²) in [6, 6.07) is 0. The Labute approximate surface area is 132 Å². The maximum atomic E-state index is 12.2. The second-order valence-electron chi connectivity index (χ2n) is 5.03. The molecule has 1 aliphatic rings. The first-order valence-electron chi connectivity index (χ1n) is 6.56. The Balaban J connectivity index is 0.00000242. The average molecular weight is 363 g/mol. The fourth-order valence-corrected chi connectivity index (χ4v) is 3.19. The van der Waals surface area contributed by atoms with Crippen molar-refractivity contribution in [3.8, 4) is 0 Å². The molecule has 11 heteroatoms. The molecule has 0 amide bonds. The van der Waals surface area contributed by atoms with Crippen LogP contribution in [0.4, 0.5) is 13.2 Å². The van der Waals surface area contributed by atoms with Gasteiger partial charge in [-0.05, 0) is 31.8 Å². The van der Waals surface area contributed by atoms with Crippen LogP contribution in [0.3, 0.4) is 0 Å². The van der Waals surface area contributed by atoms with Crippen LogP contribution in [-0.2, 0) is 16.6 Å². The molecule has 1 unspecified atom stereocenters. The predicted molar refractivity (Wildman–Crippen MR) is 76.3 cm³/mol. The third-order valence-electron chi connectivity index (χ3n) is 3.27. The molecule has 1 atom stereocenters. The summed E-state index contributed by atoms with van der Waals surface area (Å²) in [7, 11) is -3.81. The molecule has 0 radical (unpaired) electrons. The Kier molecular flexibility index (Phi) is 6.65. The molecule has 1 aliphatic heterocycles. The summed E-state index contributed by atoms with van der Waals surface area (Å²) in [4.78, 5) is -0.253. The minimum atomic E-state index is -4.43. The van der Waals surface area contributed by atoms with Gasteiger partial charge >= 0.3 is 6.18 Å². The van der Waals surface area contributed by atoms with Crippen molar-refractivity contribution in [3.05, 3.63) is 12.4 Å². The molecule has 0 spiro atoms. The number of rotatable bonds is 6. The van der Waals surface area contributed by atoms with Gasteiger partial charge in [-0.15, -0.1) is 12.4 Å². The monoisotopic (exact) mass is 362 g/mol. The minimum absolute atomic E-state index is 0. The van der Waals surface area contributed by atoms with E-state index in [0.717, 1.165) is 31.9 Å². The zero-order valence-corrected chi connectivity index (χ0v) is 13.3. The molecule has 6 nitrogen and oxygen atoms in total. The van der Waals surface area contributed by atoms with Gasteiger partial charge in [-0.3, -0.25) is 4.68 Å². The van der Waals surface area contributed by atoms with Crippen LogP contribution in [0.2, 0.25) is 0 Å². The Morgan fingerprint density at radius 3 is 2.77 bits per heavy atom. The Morgan fingerprint density at radius 1 is 1.45 bits per heavy atom. The highest BCUT2D eigenvalue weighted by molar-refractivity contribution is 7.89. The molecule has 1 aromatic heterocycles. The standard InChI is InChI=1S/C11H17F3N4O2S.ClH/c12-11(13,14)8-18-7-10(6-16-18)21(19,20)17-4-2-9-1-3-15-5-9;/h6-7,9,15,17H,1-5,8H2;1H. The van der Waals surface area contributed by atoms with E-state index in [9.17, 15) is 21.6 Å². The van der Waals surface area contributed by atoms with Crippen molar-refractivity contribution in [2.45, 2.75) is 30.5 Å². The van der Waals surface area contributed by atoms with Crippen molar-refractivity contribution >= 4 is 22.4 Å². The fraction of sp³-hybridized carbons (Fsp3) is 0.727. The van der Waals surface area contributed by atoms with Crippen molar-refractivity contribution < 1.29 is 21.6 Å².